The van der Waals surface area contributed by atoms with Gasteiger partial charge in [0.15, 0.2) is 0 Å². The number of nitrogens with zero attached hydrogens (tertiary/aromatic N) is 2. The average molecular weight is 232 g/mol. The molecule has 0 aromatic carbocycles. The van der Waals surface area contributed by atoms with E-state index in [0.717, 1.165) is 19.6 Å². The Balaban J connectivity index is 1.93. The molecule has 1 amide bonds. The third-order valence-corrected chi connectivity index (χ3v) is 3.84. The highest BCUT2D eigenvalue weighted by Crippen LogP contribution is 2.61. The summed E-state index contributed by atoms with van der Waals surface area (Å²) >= 11 is 0. The Kier molecular flexibility index (Phi) is 2.69. The first-order chi connectivity index (χ1) is 7.40. The summed E-state index contributed by atoms with van der Waals surface area (Å²) in [7, 11) is 0. The van der Waals surface area contributed by atoms with Gasteiger partial charge < -0.3 is 9.80 Å². The van der Waals surface area contributed by atoms with E-state index >= 15 is 0 Å². The molecule has 1 saturated heterocycles. The number of rotatable bonds is 2. The van der Waals surface area contributed by atoms with Crippen molar-refractivity contribution in [3.05, 3.63) is 0 Å². The quantitative estimate of drug-likeness (QED) is 0.714. The summed E-state index contributed by atoms with van der Waals surface area (Å²) in [4.78, 5) is 15.7. The summed E-state index contributed by atoms with van der Waals surface area (Å²) in [5, 5.41) is 0. The number of alkyl halides is 2. The minimum absolute atomic E-state index is 0.285. The Labute approximate surface area is 94.4 Å². The van der Waals surface area contributed by atoms with Gasteiger partial charge in [0.25, 0.3) is 5.92 Å². The Morgan fingerprint density at radius 2 is 1.75 bits per heavy atom. The van der Waals surface area contributed by atoms with Gasteiger partial charge in [-0.15, -0.1) is 0 Å². The minimum Gasteiger partial charge on any atom is -0.339 e. The smallest absolute Gasteiger partial charge is 0.263 e. The summed E-state index contributed by atoms with van der Waals surface area (Å²) in [6, 6.07) is 0. The predicted molar refractivity (Wildman–Crippen MR) is 56.4 cm³/mol. The summed E-state index contributed by atoms with van der Waals surface area (Å²) < 4.78 is 26.1. The average Bonchev–Trinajstić information content (AvgIpc) is 2.79. The second-order valence-electron chi connectivity index (χ2n) is 4.94. The van der Waals surface area contributed by atoms with Crippen molar-refractivity contribution < 1.29 is 13.6 Å². The molecule has 5 heteroatoms. The predicted octanol–water partition coefficient (Wildman–Crippen LogP) is 1.20. The second kappa shape index (κ2) is 3.65. The van der Waals surface area contributed by atoms with Crippen molar-refractivity contribution in [2.75, 3.05) is 32.7 Å². The summed E-state index contributed by atoms with van der Waals surface area (Å²) in [5.41, 5.74) is -1.42. The molecule has 0 aromatic rings. The van der Waals surface area contributed by atoms with Crippen LogP contribution in [0.2, 0.25) is 0 Å². The van der Waals surface area contributed by atoms with Crippen molar-refractivity contribution in [1.82, 2.24) is 9.80 Å². The largest absolute Gasteiger partial charge is 0.339 e. The van der Waals surface area contributed by atoms with Crippen LogP contribution in [0.1, 0.15) is 20.3 Å². The van der Waals surface area contributed by atoms with E-state index in [1.54, 1.807) is 4.90 Å². The number of likely N-dealkylation sites (N-methyl/N-ethyl adjacent to an activating group) is 1. The number of hydrogen-bond acceptors (Lipinski definition) is 2. The molecule has 1 heterocycles. The number of amides is 1. The van der Waals surface area contributed by atoms with Gasteiger partial charge in [0.2, 0.25) is 5.91 Å². The van der Waals surface area contributed by atoms with E-state index in [4.69, 9.17) is 0 Å². The zero-order valence-electron chi connectivity index (χ0n) is 9.80. The molecule has 1 saturated carbocycles. The van der Waals surface area contributed by atoms with Crippen molar-refractivity contribution in [1.29, 1.82) is 0 Å². The Hall–Kier alpha value is -0.710. The maximum Gasteiger partial charge on any atom is 0.263 e. The topological polar surface area (TPSA) is 23.6 Å². The highest BCUT2D eigenvalue weighted by molar-refractivity contribution is 5.87. The molecule has 1 aliphatic heterocycles. The third-order valence-electron chi connectivity index (χ3n) is 3.84. The van der Waals surface area contributed by atoms with Crippen LogP contribution in [0.15, 0.2) is 0 Å². The van der Waals surface area contributed by atoms with Crippen LogP contribution >= 0.6 is 0 Å². The lowest BCUT2D eigenvalue weighted by Gasteiger charge is -2.35. The summed E-state index contributed by atoms with van der Waals surface area (Å²) in [5.74, 6) is -3.15. The van der Waals surface area contributed by atoms with Gasteiger partial charge in [-0.25, -0.2) is 8.78 Å². The lowest BCUT2D eigenvalue weighted by molar-refractivity contribution is -0.141. The van der Waals surface area contributed by atoms with Gasteiger partial charge in [-0.3, -0.25) is 4.79 Å². The van der Waals surface area contributed by atoms with Gasteiger partial charge in [0.05, 0.1) is 0 Å². The van der Waals surface area contributed by atoms with Crippen molar-refractivity contribution in [2.24, 2.45) is 5.41 Å². The number of hydrogen-bond donors (Lipinski definition) is 0. The first kappa shape index (κ1) is 11.8. The van der Waals surface area contributed by atoms with Crippen LogP contribution in [0.3, 0.4) is 0 Å². The second-order valence-corrected chi connectivity index (χ2v) is 4.94. The molecule has 3 nitrogen and oxygen atoms in total. The van der Waals surface area contributed by atoms with Crippen LogP contribution in [0, 0.1) is 5.41 Å². The fourth-order valence-electron chi connectivity index (χ4n) is 2.25. The molecule has 0 radical (unpaired) electrons. The first-order valence-electron chi connectivity index (χ1n) is 5.80. The van der Waals surface area contributed by atoms with E-state index in [-0.39, 0.29) is 12.3 Å². The number of halogens is 2. The van der Waals surface area contributed by atoms with Crippen LogP contribution in [-0.2, 0) is 4.79 Å². The summed E-state index contributed by atoms with van der Waals surface area (Å²) in [6.07, 6.45) is -0.285. The normalized spacial score (nSPS) is 33.9. The van der Waals surface area contributed by atoms with Gasteiger partial charge >= 0.3 is 0 Å². The Morgan fingerprint density at radius 1 is 1.25 bits per heavy atom. The van der Waals surface area contributed by atoms with E-state index in [2.05, 4.69) is 11.8 Å². The van der Waals surface area contributed by atoms with Crippen LogP contribution in [0.4, 0.5) is 8.78 Å². The van der Waals surface area contributed by atoms with Crippen LogP contribution in [-0.4, -0.2) is 54.4 Å². The molecule has 16 heavy (non-hydrogen) atoms. The molecular weight excluding hydrogens is 214 g/mol. The Bertz CT molecular complexity index is 300. The highest BCUT2D eigenvalue weighted by Gasteiger charge is 2.73. The van der Waals surface area contributed by atoms with Gasteiger partial charge in [-0.2, -0.15) is 0 Å². The molecule has 2 aliphatic rings. The van der Waals surface area contributed by atoms with Gasteiger partial charge in [-0.05, 0) is 13.5 Å². The zero-order valence-corrected chi connectivity index (χ0v) is 9.80. The number of carbonyl (C=O) groups is 1. The van der Waals surface area contributed by atoms with Crippen molar-refractivity contribution in [3.63, 3.8) is 0 Å². The fourth-order valence-corrected chi connectivity index (χ4v) is 2.25. The van der Waals surface area contributed by atoms with E-state index < -0.39 is 11.3 Å². The molecule has 2 fully saturated rings. The van der Waals surface area contributed by atoms with Crippen LogP contribution in [0.25, 0.3) is 0 Å². The molecule has 92 valence electrons. The zero-order chi connectivity index (χ0) is 12.0. The number of piperazine rings is 1. The lowest BCUT2D eigenvalue weighted by Crippen LogP contribution is -2.51. The van der Waals surface area contributed by atoms with Gasteiger partial charge in [-0.1, -0.05) is 6.92 Å². The molecule has 0 aromatic heterocycles. The van der Waals surface area contributed by atoms with E-state index in [1.165, 1.54) is 6.92 Å². The highest BCUT2D eigenvalue weighted by atomic mass is 19.3. The standard InChI is InChI=1S/C11H18F2N2O/c1-3-14-4-6-15(7-5-14)9(16)10(2)8-11(10,12)13/h3-8H2,1-2H3. The van der Waals surface area contributed by atoms with Crippen molar-refractivity contribution in [3.8, 4) is 0 Å². The van der Waals surface area contributed by atoms with Crippen molar-refractivity contribution >= 4 is 5.91 Å². The molecular formula is C11H18F2N2O. The molecule has 1 unspecified atom stereocenters. The molecule has 1 atom stereocenters. The lowest BCUT2D eigenvalue weighted by atomic mass is 10.1. The maximum atomic E-state index is 13.1. The minimum atomic E-state index is -2.79. The van der Waals surface area contributed by atoms with E-state index in [1.807, 2.05) is 0 Å². The third kappa shape index (κ3) is 1.71. The van der Waals surface area contributed by atoms with Crippen LogP contribution in [0.5, 0.6) is 0 Å². The molecule has 2 rings (SSSR count). The van der Waals surface area contributed by atoms with Crippen molar-refractivity contribution in [2.45, 2.75) is 26.2 Å². The maximum absolute atomic E-state index is 13.1. The molecule has 0 spiro atoms. The molecule has 1 aliphatic carbocycles. The van der Waals surface area contributed by atoms with E-state index in [0.29, 0.717) is 13.1 Å². The Morgan fingerprint density at radius 3 is 2.12 bits per heavy atom. The van der Waals surface area contributed by atoms with Gasteiger partial charge in [0, 0.05) is 32.6 Å². The SMILES string of the molecule is CCN1CCN(C(=O)C2(C)CC2(F)F)CC1. The molecule has 0 N–H and O–H groups in total. The summed E-state index contributed by atoms with van der Waals surface area (Å²) in [6.45, 7) is 7.15. The number of carbonyl (C=O) groups excluding carboxylic acids is 1. The first-order valence-corrected chi connectivity index (χ1v) is 5.80. The van der Waals surface area contributed by atoms with E-state index in [9.17, 15) is 13.6 Å². The fraction of sp³-hybridized carbons (Fsp3) is 0.909. The molecule has 0 bridgehead atoms. The monoisotopic (exact) mass is 232 g/mol. The van der Waals surface area contributed by atoms with Gasteiger partial charge in [0.1, 0.15) is 5.41 Å². The van der Waals surface area contributed by atoms with Crippen LogP contribution < -0.4 is 0 Å².